The van der Waals surface area contributed by atoms with E-state index < -0.39 is 24.5 Å². The van der Waals surface area contributed by atoms with Crippen molar-refractivity contribution < 1.29 is 19.5 Å². The molecule has 0 radical (unpaired) electrons. The van der Waals surface area contributed by atoms with Crippen LogP contribution in [0.4, 0.5) is 4.79 Å². The van der Waals surface area contributed by atoms with Crippen molar-refractivity contribution in [2.24, 2.45) is 0 Å². The smallest absolute Gasteiger partial charge is 0.329 e. The number of carboxylic acid groups (broad SMARTS) is 1. The molecule has 6 nitrogen and oxygen atoms in total. The second-order valence-corrected chi connectivity index (χ2v) is 6.90. The van der Waals surface area contributed by atoms with Crippen molar-refractivity contribution in [3.63, 3.8) is 0 Å². The van der Waals surface area contributed by atoms with Crippen LogP contribution in [-0.4, -0.2) is 34.5 Å². The van der Waals surface area contributed by atoms with E-state index >= 15 is 0 Å². The number of hydrogen-bond acceptors (Lipinski definition) is 4. The molecule has 2 aromatic carbocycles. The molecule has 0 spiro atoms. The topological polar surface area (TPSA) is 86.7 Å². The fourth-order valence-electron chi connectivity index (χ4n) is 2.39. The maximum atomic E-state index is 12.1. The number of carbonyl (C=O) groups is 3. The first-order valence-electron chi connectivity index (χ1n) is 7.83. The first-order valence-corrected chi connectivity index (χ1v) is 8.65. The highest BCUT2D eigenvalue weighted by Crippen LogP contribution is 2.28. The molecule has 0 aliphatic carbocycles. The quantitative estimate of drug-likeness (QED) is 0.625. The molecule has 7 heteroatoms. The molecule has 0 bridgehead atoms. The molecule has 3 amide bonds. The van der Waals surface area contributed by atoms with Crippen molar-refractivity contribution in [1.29, 1.82) is 0 Å². The van der Waals surface area contributed by atoms with Gasteiger partial charge in [0.1, 0.15) is 12.2 Å². The van der Waals surface area contributed by atoms with Gasteiger partial charge in [-0.2, -0.15) is 0 Å². The lowest BCUT2D eigenvalue weighted by molar-refractivity contribution is -0.140. The maximum absolute atomic E-state index is 12.1. The molecular formula is C19H16N2O4S. The summed E-state index contributed by atoms with van der Waals surface area (Å²) in [6, 6.07) is 15.0. The van der Waals surface area contributed by atoms with Gasteiger partial charge in [-0.15, -0.1) is 0 Å². The minimum absolute atomic E-state index is 0.0650. The highest BCUT2D eigenvalue weighted by Gasteiger charge is 2.34. The van der Waals surface area contributed by atoms with Crippen molar-refractivity contribution in [3.05, 3.63) is 65.4 Å². The molecule has 1 heterocycles. The Kier molecular flexibility index (Phi) is 5.09. The molecule has 1 fully saturated rings. The Labute approximate surface area is 154 Å². The number of imide groups is 1. The molecule has 2 N–H and O–H groups in total. The Hall–Kier alpha value is -3.06. The Morgan fingerprint density at radius 3 is 2.23 bits per heavy atom. The third kappa shape index (κ3) is 4.12. The molecule has 0 saturated carbocycles. The van der Waals surface area contributed by atoms with Gasteiger partial charge < -0.3 is 10.4 Å². The lowest BCUT2D eigenvalue weighted by Gasteiger charge is -2.06. The monoisotopic (exact) mass is 368 g/mol. The van der Waals surface area contributed by atoms with Crippen molar-refractivity contribution in [1.82, 2.24) is 10.2 Å². The van der Waals surface area contributed by atoms with Crippen LogP contribution >= 0.6 is 11.8 Å². The van der Waals surface area contributed by atoms with Gasteiger partial charge in [0.2, 0.25) is 0 Å². The number of nitrogens with one attached hydrogen (secondary N) is 1. The van der Waals surface area contributed by atoms with Gasteiger partial charge in [0.15, 0.2) is 0 Å². The average Bonchev–Trinajstić information content (AvgIpc) is 2.86. The lowest BCUT2D eigenvalue weighted by atomic mass is 10.2. The predicted octanol–water partition coefficient (Wildman–Crippen LogP) is 3.12. The van der Waals surface area contributed by atoms with Gasteiger partial charge >= 0.3 is 12.0 Å². The number of urea groups is 1. The molecule has 0 atom stereocenters. The van der Waals surface area contributed by atoms with E-state index in [-0.39, 0.29) is 5.70 Å². The summed E-state index contributed by atoms with van der Waals surface area (Å²) < 4.78 is 0. The van der Waals surface area contributed by atoms with E-state index in [0.29, 0.717) is 4.90 Å². The number of benzene rings is 2. The van der Waals surface area contributed by atoms with E-state index in [9.17, 15) is 14.4 Å². The Bertz CT molecular complexity index is 889. The van der Waals surface area contributed by atoms with Gasteiger partial charge in [-0.3, -0.25) is 9.59 Å². The molecule has 1 aliphatic rings. The van der Waals surface area contributed by atoms with Gasteiger partial charge in [-0.1, -0.05) is 41.6 Å². The number of carbonyl (C=O) groups excluding carboxylic acids is 2. The van der Waals surface area contributed by atoms with E-state index in [0.717, 1.165) is 15.4 Å². The zero-order valence-electron chi connectivity index (χ0n) is 13.9. The fourth-order valence-corrected chi connectivity index (χ4v) is 3.21. The van der Waals surface area contributed by atoms with E-state index in [2.05, 4.69) is 29.6 Å². The van der Waals surface area contributed by atoms with Gasteiger partial charge in [0.25, 0.3) is 5.91 Å². The Morgan fingerprint density at radius 1 is 1.08 bits per heavy atom. The Balaban J connectivity index is 1.71. The van der Waals surface area contributed by atoms with Crippen LogP contribution < -0.4 is 5.32 Å². The van der Waals surface area contributed by atoms with Crippen LogP contribution in [0.15, 0.2) is 64.0 Å². The van der Waals surface area contributed by atoms with Gasteiger partial charge in [-0.05, 0) is 42.8 Å². The molecular weight excluding hydrogens is 352 g/mol. The summed E-state index contributed by atoms with van der Waals surface area (Å²) in [6.07, 6.45) is 1.53. The lowest BCUT2D eigenvalue weighted by Crippen LogP contribution is -2.35. The first kappa shape index (κ1) is 17.8. The number of carboxylic acids is 1. The summed E-state index contributed by atoms with van der Waals surface area (Å²) in [5, 5.41) is 11.2. The maximum Gasteiger partial charge on any atom is 0.329 e. The van der Waals surface area contributed by atoms with Gasteiger partial charge in [0.05, 0.1) is 0 Å². The van der Waals surface area contributed by atoms with Crippen LogP contribution in [-0.2, 0) is 9.59 Å². The number of nitrogens with zero attached hydrogens (tertiary/aromatic N) is 1. The molecule has 0 unspecified atom stereocenters. The van der Waals surface area contributed by atoms with E-state index in [1.165, 1.54) is 11.6 Å². The predicted molar refractivity (Wildman–Crippen MR) is 97.6 cm³/mol. The van der Waals surface area contributed by atoms with E-state index in [1.807, 2.05) is 31.2 Å². The highest BCUT2D eigenvalue weighted by molar-refractivity contribution is 7.99. The summed E-state index contributed by atoms with van der Waals surface area (Å²) in [5.41, 5.74) is 2.01. The zero-order valence-corrected chi connectivity index (χ0v) is 14.7. The van der Waals surface area contributed by atoms with Crippen molar-refractivity contribution in [3.8, 4) is 0 Å². The second kappa shape index (κ2) is 7.45. The minimum Gasteiger partial charge on any atom is -0.480 e. The number of hydrogen-bond donors (Lipinski definition) is 2. The van der Waals surface area contributed by atoms with Crippen LogP contribution in [0.2, 0.25) is 0 Å². The van der Waals surface area contributed by atoms with Crippen molar-refractivity contribution in [2.45, 2.75) is 16.7 Å². The molecule has 3 rings (SSSR count). The Morgan fingerprint density at radius 2 is 1.65 bits per heavy atom. The second-order valence-electron chi connectivity index (χ2n) is 5.76. The summed E-state index contributed by atoms with van der Waals surface area (Å²) in [5.74, 6) is -1.89. The number of rotatable bonds is 5. The first-order chi connectivity index (χ1) is 12.4. The summed E-state index contributed by atoms with van der Waals surface area (Å²) in [4.78, 5) is 37.3. The summed E-state index contributed by atoms with van der Waals surface area (Å²) >= 11 is 1.63. The number of aryl methyl sites for hydroxylation is 1. The van der Waals surface area contributed by atoms with E-state index in [1.54, 1.807) is 11.8 Å². The van der Waals surface area contributed by atoms with Crippen LogP contribution in [0.25, 0.3) is 6.08 Å². The third-order valence-corrected chi connectivity index (χ3v) is 4.72. The summed E-state index contributed by atoms with van der Waals surface area (Å²) in [7, 11) is 0. The molecule has 1 aliphatic heterocycles. The average molecular weight is 368 g/mol. The summed E-state index contributed by atoms with van der Waals surface area (Å²) in [6.45, 7) is 1.38. The molecule has 1 saturated heterocycles. The largest absolute Gasteiger partial charge is 0.480 e. The number of amides is 3. The molecule has 132 valence electrons. The third-order valence-electron chi connectivity index (χ3n) is 3.70. The zero-order chi connectivity index (χ0) is 18.7. The van der Waals surface area contributed by atoms with Crippen LogP contribution in [0.3, 0.4) is 0 Å². The van der Waals surface area contributed by atoms with Crippen LogP contribution in [0.5, 0.6) is 0 Å². The van der Waals surface area contributed by atoms with Crippen LogP contribution in [0.1, 0.15) is 11.1 Å². The normalized spacial score (nSPS) is 15.4. The van der Waals surface area contributed by atoms with Crippen LogP contribution in [0, 0.1) is 6.92 Å². The van der Waals surface area contributed by atoms with Gasteiger partial charge in [-0.25, -0.2) is 9.69 Å². The van der Waals surface area contributed by atoms with Crippen molar-refractivity contribution in [2.75, 3.05) is 6.54 Å². The standard InChI is InChI=1S/C19H16N2O4S/c1-12-2-6-14(7-3-12)26-15-8-4-13(5-9-15)10-16-18(24)21(11-17(22)23)19(25)20-16/h2-10H,11H2,1H3,(H,20,25)(H,22,23)/b16-10+. The van der Waals surface area contributed by atoms with E-state index in [4.69, 9.17) is 5.11 Å². The highest BCUT2D eigenvalue weighted by atomic mass is 32.2. The van der Waals surface area contributed by atoms with Crippen molar-refractivity contribution >= 4 is 35.7 Å². The molecule has 26 heavy (non-hydrogen) atoms. The minimum atomic E-state index is -1.24. The molecule has 2 aromatic rings. The SMILES string of the molecule is Cc1ccc(Sc2ccc(/C=C3/NC(=O)N(CC(=O)O)C3=O)cc2)cc1. The molecule has 0 aromatic heterocycles. The number of aliphatic carboxylic acids is 1. The fraction of sp³-hybridized carbons (Fsp3) is 0.105. The van der Waals surface area contributed by atoms with Gasteiger partial charge in [0, 0.05) is 9.79 Å².